The first-order chi connectivity index (χ1) is 11.2. The maximum Gasteiger partial charge on any atom is 0.315 e. The van der Waals surface area contributed by atoms with Crippen LogP contribution in [0.25, 0.3) is 0 Å². The number of carbonyl (C=O) groups is 1. The molecule has 0 saturated carbocycles. The van der Waals surface area contributed by atoms with E-state index in [2.05, 4.69) is 26.8 Å². The number of fused-ring (bicyclic) bond motifs is 1. The fraction of sp³-hybridized carbons (Fsp3) is 0.533. The predicted molar refractivity (Wildman–Crippen MR) is 87.1 cm³/mol. The van der Waals surface area contributed by atoms with Crippen LogP contribution in [0.15, 0.2) is 11.4 Å². The van der Waals surface area contributed by atoms with E-state index in [9.17, 15) is 4.79 Å². The molecule has 2 amide bonds. The van der Waals surface area contributed by atoms with Gasteiger partial charge in [-0.2, -0.15) is 5.10 Å². The van der Waals surface area contributed by atoms with E-state index in [1.54, 1.807) is 18.4 Å². The molecule has 2 N–H and O–H groups in total. The van der Waals surface area contributed by atoms with E-state index in [0.29, 0.717) is 19.0 Å². The van der Waals surface area contributed by atoms with E-state index in [1.807, 2.05) is 17.0 Å². The first kappa shape index (κ1) is 15.9. The van der Waals surface area contributed by atoms with Crippen molar-refractivity contribution in [2.75, 3.05) is 7.11 Å². The van der Waals surface area contributed by atoms with Crippen LogP contribution in [0.5, 0.6) is 0 Å². The highest BCUT2D eigenvalue weighted by Gasteiger charge is 2.25. The molecule has 0 radical (unpaired) electrons. The first-order valence-electron chi connectivity index (χ1n) is 7.67. The lowest BCUT2D eigenvalue weighted by Crippen LogP contribution is -2.39. The molecule has 1 atom stereocenters. The van der Waals surface area contributed by atoms with Crippen molar-refractivity contribution in [2.24, 2.45) is 0 Å². The third-order valence-electron chi connectivity index (χ3n) is 3.88. The summed E-state index contributed by atoms with van der Waals surface area (Å²) in [7, 11) is 1.62. The Labute approximate surface area is 139 Å². The van der Waals surface area contributed by atoms with Gasteiger partial charge >= 0.3 is 6.03 Å². The quantitative estimate of drug-likeness (QED) is 0.877. The Kier molecular flexibility index (Phi) is 4.92. The first-order valence-corrected chi connectivity index (χ1v) is 8.55. The number of methoxy groups -OCH3 is 1. The standard InChI is InChI=1S/C15H21N5O2S/c1-10-5-7-23-12(10)8-16-15(21)17-11-4-3-6-20-14(11)18-13(19-20)9-22-2/h5,7,11H,3-4,6,8-9H2,1-2H3,(H2,16,17,21)/t11-/m1/s1. The zero-order chi connectivity index (χ0) is 16.2. The van der Waals surface area contributed by atoms with Crippen molar-refractivity contribution in [2.45, 2.75) is 45.5 Å². The van der Waals surface area contributed by atoms with Gasteiger partial charge in [-0.25, -0.2) is 14.5 Å². The molecule has 1 aliphatic heterocycles. The van der Waals surface area contributed by atoms with Gasteiger partial charge in [-0.1, -0.05) is 0 Å². The van der Waals surface area contributed by atoms with E-state index >= 15 is 0 Å². The van der Waals surface area contributed by atoms with Gasteiger partial charge in [-0.15, -0.1) is 11.3 Å². The summed E-state index contributed by atoms with van der Waals surface area (Å²) in [4.78, 5) is 17.8. The second-order valence-corrected chi connectivity index (χ2v) is 6.59. The molecule has 8 heteroatoms. The Morgan fingerprint density at radius 1 is 1.57 bits per heavy atom. The molecule has 0 aromatic carbocycles. The summed E-state index contributed by atoms with van der Waals surface area (Å²) < 4.78 is 6.94. The van der Waals surface area contributed by atoms with Gasteiger partial charge in [0.2, 0.25) is 0 Å². The van der Waals surface area contributed by atoms with E-state index in [0.717, 1.165) is 25.2 Å². The van der Waals surface area contributed by atoms with Gasteiger partial charge in [0.15, 0.2) is 5.82 Å². The van der Waals surface area contributed by atoms with E-state index in [4.69, 9.17) is 4.74 Å². The smallest absolute Gasteiger partial charge is 0.315 e. The van der Waals surface area contributed by atoms with E-state index < -0.39 is 0 Å². The molecule has 0 fully saturated rings. The van der Waals surface area contributed by atoms with E-state index in [-0.39, 0.29) is 12.1 Å². The minimum atomic E-state index is -0.174. The fourth-order valence-electron chi connectivity index (χ4n) is 2.68. The van der Waals surface area contributed by atoms with Crippen molar-refractivity contribution in [3.8, 4) is 0 Å². The summed E-state index contributed by atoms with van der Waals surface area (Å²) in [5.74, 6) is 1.47. The van der Waals surface area contributed by atoms with Gasteiger partial charge in [0.05, 0.1) is 12.6 Å². The number of aromatic nitrogens is 3. The number of amides is 2. The third-order valence-corrected chi connectivity index (χ3v) is 4.90. The van der Waals surface area contributed by atoms with Crippen LogP contribution in [-0.2, 0) is 24.4 Å². The molecular weight excluding hydrogens is 314 g/mol. The van der Waals surface area contributed by atoms with Crippen molar-refractivity contribution >= 4 is 17.4 Å². The van der Waals surface area contributed by atoms with E-state index in [1.165, 1.54) is 10.4 Å². The van der Waals surface area contributed by atoms with Crippen LogP contribution in [0.2, 0.25) is 0 Å². The van der Waals surface area contributed by atoms with Gasteiger partial charge < -0.3 is 15.4 Å². The monoisotopic (exact) mass is 335 g/mol. The Bertz CT molecular complexity index is 681. The number of thiophene rings is 1. The lowest BCUT2D eigenvalue weighted by molar-refractivity contribution is 0.177. The molecule has 3 rings (SSSR count). The fourth-order valence-corrected chi connectivity index (χ4v) is 3.53. The highest BCUT2D eigenvalue weighted by Crippen LogP contribution is 2.23. The maximum atomic E-state index is 12.2. The number of hydrogen-bond donors (Lipinski definition) is 2. The molecule has 7 nitrogen and oxygen atoms in total. The minimum absolute atomic E-state index is 0.105. The molecule has 23 heavy (non-hydrogen) atoms. The van der Waals surface area contributed by atoms with Crippen molar-refractivity contribution in [3.63, 3.8) is 0 Å². The van der Waals surface area contributed by atoms with Gasteiger partial charge in [0.1, 0.15) is 12.4 Å². The number of nitrogens with zero attached hydrogens (tertiary/aromatic N) is 3. The zero-order valence-corrected chi connectivity index (χ0v) is 14.2. The predicted octanol–water partition coefficient (Wildman–Crippen LogP) is 2.13. The molecule has 3 heterocycles. The number of hydrogen-bond acceptors (Lipinski definition) is 5. The molecule has 0 unspecified atom stereocenters. The largest absolute Gasteiger partial charge is 0.377 e. The normalized spacial score (nSPS) is 16.9. The number of aryl methyl sites for hydroxylation is 2. The summed E-state index contributed by atoms with van der Waals surface area (Å²) in [5.41, 5.74) is 1.21. The molecule has 1 aliphatic rings. The number of carbonyl (C=O) groups excluding carboxylic acids is 1. The summed E-state index contributed by atoms with van der Waals surface area (Å²) in [6.07, 6.45) is 1.84. The maximum absolute atomic E-state index is 12.2. The van der Waals surface area contributed by atoms with Gasteiger partial charge in [-0.05, 0) is 36.8 Å². The summed E-state index contributed by atoms with van der Waals surface area (Å²) in [5, 5.41) is 12.4. The molecule has 124 valence electrons. The van der Waals surface area contributed by atoms with Crippen LogP contribution in [-0.4, -0.2) is 27.9 Å². The Hall–Kier alpha value is -1.93. The lowest BCUT2D eigenvalue weighted by Gasteiger charge is -2.23. The number of rotatable bonds is 5. The topological polar surface area (TPSA) is 81.1 Å². The number of nitrogens with one attached hydrogen (secondary N) is 2. The van der Waals surface area contributed by atoms with Crippen molar-refractivity contribution in [1.82, 2.24) is 25.4 Å². The highest BCUT2D eigenvalue weighted by atomic mass is 32.1. The third kappa shape index (κ3) is 3.70. The Morgan fingerprint density at radius 2 is 2.43 bits per heavy atom. The average Bonchev–Trinajstić information content (AvgIpc) is 3.12. The van der Waals surface area contributed by atoms with Crippen LogP contribution >= 0.6 is 11.3 Å². The summed E-state index contributed by atoms with van der Waals surface area (Å²) >= 11 is 1.65. The van der Waals surface area contributed by atoms with Crippen molar-refractivity contribution < 1.29 is 9.53 Å². The summed E-state index contributed by atoms with van der Waals surface area (Å²) in [6, 6.07) is 1.78. The lowest BCUT2D eigenvalue weighted by atomic mass is 10.1. The molecule has 0 spiro atoms. The summed E-state index contributed by atoms with van der Waals surface area (Å²) in [6.45, 7) is 3.81. The molecule has 0 saturated heterocycles. The molecule has 0 bridgehead atoms. The second kappa shape index (κ2) is 7.10. The van der Waals surface area contributed by atoms with Gasteiger partial charge in [0, 0.05) is 18.5 Å². The molecule has 2 aromatic heterocycles. The van der Waals surface area contributed by atoms with Gasteiger partial charge in [-0.3, -0.25) is 0 Å². The Morgan fingerprint density at radius 3 is 3.17 bits per heavy atom. The van der Waals surface area contributed by atoms with Crippen LogP contribution < -0.4 is 10.6 Å². The number of ether oxygens (including phenoxy) is 1. The highest BCUT2D eigenvalue weighted by molar-refractivity contribution is 7.10. The zero-order valence-electron chi connectivity index (χ0n) is 13.3. The molecular formula is C15H21N5O2S. The average molecular weight is 335 g/mol. The van der Waals surface area contributed by atoms with Crippen molar-refractivity contribution in [1.29, 1.82) is 0 Å². The number of urea groups is 1. The van der Waals surface area contributed by atoms with Gasteiger partial charge in [0.25, 0.3) is 0 Å². The van der Waals surface area contributed by atoms with Crippen LogP contribution in [0.3, 0.4) is 0 Å². The second-order valence-electron chi connectivity index (χ2n) is 5.59. The minimum Gasteiger partial charge on any atom is -0.377 e. The van der Waals surface area contributed by atoms with Crippen LogP contribution in [0.4, 0.5) is 4.79 Å². The Balaban J connectivity index is 1.60. The van der Waals surface area contributed by atoms with Crippen LogP contribution in [0.1, 0.15) is 41.0 Å². The molecule has 0 aliphatic carbocycles. The molecule has 2 aromatic rings. The van der Waals surface area contributed by atoms with Crippen molar-refractivity contribution in [3.05, 3.63) is 33.5 Å². The SMILES string of the molecule is COCc1nc2n(n1)CCC[C@H]2NC(=O)NCc1sccc1C. The van der Waals surface area contributed by atoms with Crippen LogP contribution in [0, 0.1) is 6.92 Å².